The molecule has 22 nitrogen and oxygen atoms in total. The number of nitrogens with zero attached hydrogens (tertiary/aromatic N) is 1. The third-order valence-electron chi connectivity index (χ3n) is 11.3. The van der Waals surface area contributed by atoms with Crippen molar-refractivity contribution in [3.8, 4) is 17.2 Å². The molecule has 6 amide bonds. The Bertz CT molecular complexity index is 2290. The lowest BCUT2D eigenvalue weighted by Crippen LogP contribution is -2.60. The van der Waals surface area contributed by atoms with Gasteiger partial charge in [-0.1, -0.05) is 70.5 Å². The molecule has 0 saturated heterocycles. The number of benzene rings is 3. The Morgan fingerprint density at radius 3 is 1.54 bits per heavy atom. The number of hydrogen-bond donors (Lipinski definition) is 13. The Kier molecular flexibility index (Phi) is 23.2. The van der Waals surface area contributed by atoms with Crippen LogP contribution in [0.3, 0.4) is 0 Å². The summed E-state index contributed by atoms with van der Waals surface area (Å²) >= 11 is 0. The van der Waals surface area contributed by atoms with E-state index in [0.29, 0.717) is 29.4 Å². The number of carboxylic acid groups (broad SMARTS) is 1. The molecular weight excluding hydrogens is 921 g/mol. The zero-order valence-electron chi connectivity index (χ0n) is 40.3. The van der Waals surface area contributed by atoms with Gasteiger partial charge in [0.15, 0.2) is 5.96 Å². The molecule has 8 atom stereocenters. The topological polar surface area (TPSA) is 380 Å². The highest BCUT2D eigenvalue weighted by atomic mass is 16.4. The molecule has 16 N–H and O–H groups in total. The van der Waals surface area contributed by atoms with Crippen molar-refractivity contribution in [2.45, 2.75) is 121 Å². The number of rotatable bonds is 29. The molecule has 0 heterocycles. The van der Waals surface area contributed by atoms with Crippen molar-refractivity contribution in [2.24, 2.45) is 34.0 Å². The molecule has 0 aromatic heterocycles. The number of aliphatic carboxylic acids is 1. The van der Waals surface area contributed by atoms with E-state index in [1.54, 1.807) is 32.9 Å². The second kappa shape index (κ2) is 28.7. The third kappa shape index (κ3) is 20.4. The van der Waals surface area contributed by atoms with E-state index in [1.165, 1.54) is 60.7 Å². The predicted molar refractivity (Wildman–Crippen MR) is 262 cm³/mol. The number of hydrogen-bond acceptors (Lipinski definition) is 13. The van der Waals surface area contributed by atoms with Crippen LogP contribution in [0.2, 0.25) is 0 Å². The Balaban J connectivity index is 1.90. The maximum Gasteiger partial charge on any atom is 0.305 e. The van der Waals surface area contributed by atoms with Crippen LogP contribution in [0, 0.1) is 11.8 Å². The minimum Gasteiger partial charge on any atom is -0.508 e. The Morgan fingerprint density at radius 1 is 0.592 bits per heavy atom. The van der Waals surface area contributed by atoms with Gasteiger partial charge in [-0.3, -0.25) is 38.6 Å². The summed E-state index contributed by atoms with van der Waals surface area (Å²) in [6.45, 7) is 7.16. The molecule has 0 radical (unpaired) electrons. The first-order chi connectivity index (χ1) is 33.6. The molecule has 3 aromatic rings. The van der Waals surface area contributed by atoms with Crippen LogP contribution < -0.4 is 49.1 Å². The fraction of sp³-hybridized carbons (Fsp3) is 0.449. The molecule has 0 unspecified atom stereocenters. The zero-order valence-corrected chi connectivity index (χ0v) is 40.3. The van der Waals surface area contributed by atoms with E-state index < -0.39 is 96.0 Å². The number of phenolic OH excluding ortho intramolecular Hbond substituents is 3. The maximum absolute atomic E-state index is 14.3. The van der Waals surface area contributed by atoms with Gasteiger partial charge in [0, 0.05) is 13.0 Å². The molecule has 3 rings (SSSR count). The van der Waals surface area contributed by atoms with Gasteiger partial charge in [-0.15, -0.1) is 0 Å². The van der Waals surface area contributed by atoms with Crippen molar-refractivity contribution in [3.05, 3.63) is 89.5 Å². The average molecular weight is 989 g/mol. The number of carbonyl (C=O) groups excluding carboxylic acids is 7. The van der Waals surface area contributed by atoms with Crippen molar-refractivity contribution in [2.75, 3.05) is 6.54 Å². The van der Waals surface area contributed by atoms with Gasteiger partial charge in [0.25, 0.3) is 0 Å². The number of aromatic hydroxyl groups is 3. The first-order valence-corrected chi connectivity index (χ1v) is 23.2. The summed E-state index contributed by atoms with van der Waals surface area (Å²) in [7, 11) is 0. The first-order valence-electron chi connectivity index (χ1n) is 23.2. The van der Waals surface area contributed by atoms with Gasteiger partial charge in [-0.05, 0) is 97.0 Å². The quantitative estimate of drug-likeness (QED) is 0.0187. The number of nitrogens with two attached hydrogens (primary N) is 3. The van der Waals surface area contributed by atoms with Crippen molar-refractivity contribution in [3.63, 3.8) is 0 Å². The van der Waals surface area contributed by atoms with Gasteiger partial charge in [-0.25, -0.2) is 0 Å². The first kappa shape index (κ1) is 57.6. The smallest absolute Gasteiger partial charge is 0.305 e. The minimum atomic E-state index is -1.74. The minimum absolute atomic E-state index is 0.0163. The van der Waals surface area contributed by atoms with Crippen molar-refractivity contribution in [1.82, 2.24) is 31.9 Å². The van der Waals surface area contributed by atoms with E-state index >= 15 is 0 Å². The monoisotopic (exact) mass is 989 g/mol. The van der Waals surface area contributed by atoms with Crippen LogP contribution in [0.25, 0.3) is 0 Å². The molecule has 0 aliphatic carbocycles. The normalized spacial score (nSPS) is 14.4. The number of nitrogens with one attached hydrogen (secondary N) is 6. The number of carbonyl (C=O) groups is 8. The lowest BCUT2D eigenvalue weighted by molar-refractivity contribution is -0.141. The molecular formula is C49H68N10O12. The average Bonchev–Trinajstić information content (AvgIpc) is 3.31. The molecule has 0 aliphatic heterocycles. The van der Waals surface area contributed by atoms with Crippen LogP contribution in [0.5, 0.6) is 17.2 Å². The fourth-order valence-corrected chi connectivity index (χ4v) is 7.26. The molecule has 3 aromatic carbocycles. The number of phenols is 3. The summed E-state index contributed by atoms with van der Waals surface area (Å²) in [6, 6.07) is 8.26. The van der Waals surface area contributed by atoms with Gasteiger partial charge >= 0.3 is 5.97 Å². The van der Waals surface area contributed by atoms with E-state index in [4.69, 9.17) is 17.2 Å². The number of amides is 6. The highest BCUT2D eigenvalue weighted by Crippen LogP contribution is 2.16. The molecule has 0 aliphatic rings. The van der Waals surface area contributed by atoms with E-state index in [-0.39, 0.29) is 74.2 Å². The van der Waals surface area contributed by atoms with Gasteiger partial charge in [0.1, 0.15) is 53.7 Å². The van der Waals surface area contributed by atoms with Gasteiger partial charge in [-0.2, -0.15) is 0 Å². The lowest BCUT2D eigenvalue weighted by atomic mass is 9.96. The van der Waals surface area contributed by atoms with E-state index in [0.717, 1.165) is 0 Å². The zero-order chi connectivity index (χ0) is 52.8. The Hall–Kier alpha value is -7.75. The van der Waals surface area contributed by atoms with Crippen LogP contribution in [-0.4, -0.2) is 123 Å². The highest BCUT2D eigenvalue weighted by Gasteiger charge is 2.35. The summed E-state index contributed by atoms with van der Waals surface area (Å²) in [6.07, 6.45) is -0.0714. The van der Waals surface area contributed by atoms with E-state index in [2.05, 4.69) is 36.9 Å². The van der Waals surface area contributed by atoms with Gasteiger partial charge in [0.2, 0.25) is 35.4 Å². The van der Waals surface area contributed by atoms with Crippen LogP contribution >= 0.6 is 0 Å². The number of guanidine groups is 1. The van der Waals surface area contributed by atoms with E-state index in [9.17, 15) is 58.8 Å². The SMILES string of the molecule is CC[C@H](C)[C@H](NC(=O)[C@@H](N)Cc1ccc(O)cc1)C(=O)N[C@@H](CCCN=C(N)N)C(=O)N[C@@H](CC(C)C)C(=O)N[C@@H](Cc1ccc(O)cc1)C(=O)N[C@@H](CC(=O)O)C(=O)N[C@H](C=O)Cc1ccc(O)cc1. The van der Waals surface area contributed by atoms with E-state index in [1.807, 2.05) is 6.92 Å². The summed E-state index contributed by atoms with van der Waals surface area (Å²) < 4.78 is 0. The molecule has 0 bridgehead atoms. The second-order valence-corrected chi connectivity index (χ2v) is 17.8. The van der Waals surface area contributed by atoms with Crippen LogP contribution in [-0.2, 0) is 57.6 Å². The Morgan fingerprint density at radius 2 is 1.04 bits per heavy atom. The number of aldehydes is 1. The van der Waals surface area contributed by atoms with Crippen LogP contribution in [0.15, 0.2) is 77.8 Å². The summed E-state index contributed by atoms with van der Waals surface area (Å²) in [5, 5.41) is 54.5. The largest absolute Gasteiger partial charge is 0.508 e. The summed E-state index contributed by atoms with van der Waals surface area (Å²) in [4.78, 5) is 112. The van der Waals surface area contributed by atoms with Crippen molar-refractivity contribution >= 4 is 53.7 Å². The molecule has 22 heteroatoms. The lowest BCUT2D eigenvalue weighted by Gasteiger charge is -2.29. The molecule has 386 valence electrons. The highest BCUT2D eigenvalue weighted by molar-refractivity contribution is 5.97. The second-order valence-electron chi connectivity index (χ2n) is 17.8. The predicted octanol–water partition coefficient (Wildman–Crippen LogP) is -0.113. The third-order valence-corrected chi connectivity index (χ3v) is 11.3. The maximum atomic E-state index is 14.3. The molecule has 0 spiro atoms. The van der Waals surface area contributed by atoms with Crippen molar-refractivity contribution in [1.29, 1.82) is 0 Å². The van der Waals surface area contributed by atoms with Gasteiger partial charge < -0.3 is 74.3 Å². The van der Waals surface area contributed by atoms with Gasteiger partial charge in [0.05, 0.1) is 18.5 Å². The van der Waals surface area contributed by atoms with Crippen molar-refractivity contribution < 1.29 is 58.8 Å². The fourth-order valence-electron chi connectivity index (χ4n) is 7.26. The number of carboxylic acids is 1. The van der Waals surface area contributed by atoms with Crippen LogP contribution in [0.4, 0.5) is 0 Å². The standard InChI is InChI=1S/C49H68N10O12/c1-5-28(4)42(59-43(66)36(50)23-30-10-16-34(62)17-11-30)48(71)55-37(7-6-20-53-49(51)52)44(67)56-38(21-27(2)3)46(69)57-39(24-31-12-18-35(63)19-13-31)47(70)58-40(25-41(64)65)45(68)54-32(26-60)22-29-8-14-33(61)15-9-29/h8-19,26-28,32,36-40,42,61-63H,5-7,20-25,50H2,1-4H3,(H,54,68)(H,55,71)(H,56,67)(H,57,69)(H,58,70)(H,59,66)(H,64,65)(H4,51,52,53)/t28-,32-,36-,37-,38-,39-,40-,42-/m0/s1. The summed E-state index contributed by atoms with van der Waals surface area (Å²) in [5.41, 5.74) is 18.9. The molecule has 71 heavy (non-hydrogen) atoms. The Labute approximate surface area is 412 Å². The number of aliphatic imine (C=N–C) groups is 1. The van der Waals surface area contributed by atoms with Crippen LogP contribution in [0.1, 0.15) is 76.5 Å². The molecule has 0 saturated carbocycles. The molecule has 0 fully saturated rings. The summed E-state index contributed by atoms with van der Waals surface area (Å²) in [5.74, 6) is -7.51.